The van der Waals surface area contributed by atoms with E-state index in [4.69, 9.17) is 47.4 Å². The summed E-state index contributed by atoms with van der Waals surface area (Å²) in [6, 6.07) is 0. The number of carbonyl (C=O) groups excluding carboxylic acids is 4. The van der Waals surface area contributed by atoms with Crippen LogP contribution in [0.15, 0.2) is 12.2 Å². The molecule has 14 heteroatoms. The first-order valence-corrected chi connectivity index (χ1v) is 14.4. The van der Waals surface area contributed by atoms with Crippen molar-refractivity contribution in [3.63, 3.8) is 0 Å². The molecule has 0 aromatic rings. The van der Waals surface area contributed by atoms with E-state index >= 15 is 0 Å². The summed E-state index contributed by atoms with van der Waals surface area (Å²) in [6.45, 7) is 11.8. The van der Waals surface area contributed by atoms with Gasteiger partial charge < -0.3 is 47.4 Å². The molecule has 0 aromatic carbocycles. The van der Waals surface area contributed by atoms with Crippen LogP contribution in [-0.4, -0.2) is 103 Å². The molecule has 0 radical (unpaired) electrons. The van der Waals surface area contributed by atoms with Gasteiger partial charge in [0.05, 0.1) is 6.10 Å². The van der Waals surface area contributed by atoms with Gasteiger partial charge in [0.1, 0.15) is 37.1 Å². The molecule has 0 saturated carbocycles. The van der Waals surface area contributed by atoms with Crippen LogP contribution in [0.4, 0.5) is 0 Å². The number of esters is 4. The second kappa shape index (κ2) is 13.2. The smallest absolute Gasteiger partial charge is 0.303 e. The van der Waals surface area contributed by atoms with Gasteiger partial charge in [0, 0.05) is 27.7 Å². The largest absolute Gasteiger partial charge is 0.463 e. The maximum absolute atomic E-state index is 12.1. The van der Waals surface area contributed by atoms with Crippen LogP contribution in [0.25, 0.3) is 0 Å². The standard InChI is InChI=1S/C29H42O14/c1-14(30)34-13-20-22(36-16(3)32)24(37-17(4)33)21(35-15(2)31)18(38-20)11-9-10-12-19-23-25(41-28(5,6)40-23)26-27(39-19)43-29(7,8)42-26/h9-10,18-27H,11-13H2,1-8H3/b10-9-/t18-,19-,20-,21+,22+,23+,24-,25+,26-,27-/m1/s1. The van der Waals surface area contributed by atoms with E-state index < -0.39 is 96.7 Å². The molecular weight excluding hydrogens is 572 g/mol. The normalized spacial score (nSPS) is 37.7. The summed E-state index contributed by atoms with van der Waals surface area (Å²) in [7, 11) is 0. The monoisotopic (exact) mass is 614 g/mol. The Kier molecular flexibility index (Phi) is 10.2. The Morgan fingerprint density at radius 3 is 1.65 bits per heavy atom. The molecule has 4 heterocycles. The lowest BCUT2D eigenvalue weighted by molar-refractivity contribution is -0.251. The van der Waals surface area contributed by atoms with Crippen LogP contribution in [-0.2, 0) is 66.5 Å². The number of carbonyl (C=O) groups is 4. The minimum Gasteiger partial charge on any atom is -0.463 e. The summed E-state index contributed by atoms with van der Waals surface area (Å²) in [5, 5.41) is 0. The fraction of sp³-hybridized carbons (Fsp3) is 0.793. The van der Waals surface area contributed by atoms with Crippen molar-refractivity contribution in [1.82, 2.24) is 0 Å². The minimum absolute atomic E-state index is 0.196. The van der Waals surface area contributed by atoms with E-state index in [1.54, 1.807) is 0 Å². The summed E-state index contributed by atoms with van der Waals surface area (Å²) >= 11 is 0. The van der Waals surface area contributed by atoms with E-state index in [9.17, 15) is 19.2 Å². The third kappa shape index (κ3) is 8.31. The molecule has 242 valence electrons. The summed E-state index contributed by atoms with van der Waals surface area (Å²) in [5.41, 5.74) is 0. The molecule has 4 aliphatic heterocycles. The predicted octanol–water partition coefficient (Wildman–Crippen LogP) is 1.84. The zero-order valence-electron chi connectivity index (χ0n) is 25.8. The van der Waals surface area contributed by atoms with Crippen LogP contribution in [0, 0.1) is 0 Å². The lowest BCUT2D eigenvalue weighted by Gasteiger charge is -2.44. The summed E-state index contributed by atoms with van der Waals surface area (Å²) in [5.74, 6) is -4.28. The molecule has 4 fully saturated rings. The molecule has 4 saturated heterocycles. The van der Waals surface area contributed by atoms with Gasteiger partial charge in [-0.1, -0.05) is 12.2 Å². The van der Waals surface area contributed by atoms with Crippen LogP contribution in [0.5, 0.6) is 0 Å². The first-order valence-electron chi connectivity index (χ1n) is 14.4. The lowest BCUT2D eigenvalue weighted by atomic mass is 9.92. The van der Waals surface area contributed by atoms with Gasteiger partial charge in [-0.15, -0.1) is 0 Å². The van der Waals surface area contributed by atoms with E-state index in [0.29, 0.717) is 6.42 Å². The zero-order valence-corrected chi connectivity index (χ0v) is 25.8. The maximum Gasteiger partial charge on any atom is 0.303 e. The highest BCUT2D eigenvalue weighted by Crippen LogP contribution is 2.44. The molecule has 4 aliphatic rings. The molecule has 0 unspecified atom stereocenters. The molecular formula is C29H42O14. The van der Waals surface area contributed by atoms with Crippen LogP contribution < -0.4 is 0 Å². The van der Waals surface area contributed by atoms with Crippen molar-refractivity contribution in [2.45, 2.75) is 141 Å². The van der Waals surface area contributed by atoms with Crippen molar-refractivity contribution in [2.75, 3.05) is 6.61 Å². The molecule has 0 amide bonds. The number of hydrogen-bond donors (Lipinski definition) is 0. The second-order valence-corrected chi connectivity index (χ2v) is 11.9. The average Bonchev–Trinajstić information content (AvgIpc) is 3.36. The number of fused-ring (bicyclic) bond motifs is 3. The fourth-order valence-corrected chi connectivity index (χ4v) is 5.85. The Balaban J connectivity index is 1.51. The van der Waals surface area contributed by atoms with Crippen LogP contribution in [0.2, 0.25) is 0 Å². The van der Waals surface area contributed by atoms with Gasteiger partial charge in [-0.3, -0.25) is 19.2 Å². The van der Waals surface area contributed by atoms with Gasteiger partial charge in [-0.2, -0.15) is 0 Å². The van der Waals surface area contributed by atoms with Gasteiger partial charge in [-0.25, -0.2) is 0 Å². The Morgan fingerprint density at radius 1 is 0.581 bits per heavy atom. The molecule has 0 N–H and O–H groups in total. The Bertz CT molecular complexity index is 1090. The predicted molar refractivity (Wildman–Crippen MR) is 143 cm³/mol. The Labute approximate surface area is 250 Å². The van der Waals surface area contributed by atoms with Crippen molar-refractivity contribution in [1.29, 1.82) is 0 Å². The van der Waals surface area contributed by atoms with E-state index in [1.165, 1.54) is 27.7 Å². The van der Waals surface area contributed by atoms with Gasteiger partial charge >= 0.3 is 23.9 Å². The minimum atomic E-state index is -1.22. The molecule has 0 spiro atoms. The van der Waals surface area contributed by atoms with Crippen molar-refractivity contribution in [3.05, 3.63) is 12.2 Å². The first kappa shape index (κ1) is 33.3. The van der Waals surface area contributed by atoms with Gasteiger partial charge in [0.15, 0.2) is 36.2 Å². The number of hydrogen-bond acceptors (Lipinski definition) is 14. The quantitative estimate of drug-likeness (QED) is 0.210. The van der Waals surface area contributed by atoms with Crippen molar-refractivity contribution in [3.8, 4) is 0 Å². The van der Waals surface area contributed by atoms with Crippen LogP contribution >= 0.6 is 0 Å². The lowest BCUT2D eigenvalue weighted by Crippen LogP contribution is -2.62. The Hall–Kier alpha value is -2.62. The molecule has 0 aromatic heterocycles. The third-order valence-corrected chi connectivity index (χ3v) is 7.24. The number of ether oxygens (including phenoxy) is 10. The van der Waals surface area contributed by atoms with E-state index in [1.807, 2.05) is 39.8 Å². The topological polar surface area (TPSA) is 161 Å². The van der Waals surface area contributed by atoms with Crippen LogP contribution in [0.3, 0.4) is 0 Å². The Morgan fingerprint density at radius 2 is 1.07 bits per heavy atom. The maximum atomic E-state index is 12.1. The highest BCUT2D eigenvalue weighted by atomic mass is 16.9. The summed E-state index contributed by atoms with van der Waals surface area (Å²) in [6.07, 6.45) is -3.41. The SMILES string of the molecule is CC(=O)OC[C@H]1O[C@H](C/C=C\C[C@H]2O[C@@H]3OC(C)(C)O[C@@H]3[C@H]3OC(C)(C)O[C@H]32)[C@H](OC(C)=O)[C@@H](OC(C)=O)[C@H]1OC(C)=O. The summed E-state index contributed by atoms with van der Waals surface area (Å²) < 4.78 is 58.3. The van der Waals surface area contributed by atoms with Gasteiger partial charge in [-0.05, 0) is 40.5 Å². The molecule has 0 bridgehead atoms. The van der Waals surface area contributed by atoms with E-state index in [2.05, 4.69) is 0 Å². The van der Waals surface area contributed by atoms with Gasteiger partial charge in [0.25, 0.3) is 0 Å². The number of rotatable bonds is 9. The van der Waals surface area contributed by atoms with Crippen molar-refractivity contribution >= 4 is 23.9 Å². The van der Waals surface area contributed by atoms with Crippen molar-refractivity contribution < 1.29 is 66.5 Å². The molecule has 43 heavy (non-hydrogen) atoms. The highest BCUT2D eigenvalue weighted by molar-refractivity contribution is 5.68. The molecule has 4 rings (SSSR count). The zero-order chi connectivity index (χ0) is 31.7. The highest BCUT2D eigenvalue weighted by Gasteiger charge is 2.60. The first-order chi connectivity index (χ1) is 20.0. The van der Waals surface area contributed by atoms with Crippen molar-refractivity contribution in [2.24, 2.45) is 0 Å². The third-order valence-electron chi connectivity index (χ3n) is 7.24. The van der Waals surface area contributed by atoms with Crippen LogP contribution in [0.1, 0.15) is 68.2 Å². The van der Waals surface area contributed by atoms with Gasteiger partial charge in [0.2, 0.25) is 0 Å². The van der Waals surface area contributed by atoms with E-state index in [0.717, 1.165) is 0 Å². The molecule has 14 nitrogen and oxygen atoms in total. The molecule has 0 aliphatic carbocycles. The second-order valence-electron chi connectivity index (χ2n) is 11.9. The average molecular weight is 615 g/mol. The fourth-order valence-electron chi connectivity index (χ4n) is 5.85. The summed E-state index contributed by atoms with van der Waals surface area (Å²) in [4.78, 5) is 47.6. The van der Waals surface area contributed by atoms with E-state index in [-0.39, 0.29) is 13.0 Å². The molecule has 10 atom stereocenters.